The molecule has 0 aliphatic carbocycles. The number of hydrogen-bond acceptors (Lipinski definition) is 2. The third kappa shape index (κ3) is 4.37. The molecule has 4 nitrogen and oxygen atoms in total. The second-order valence-corrected chi connectivity index (χ2v) is 9.02. The Morgan fingerprint density at radius 1 is 0.824 bits per heavy atom. The van der Waals surface area contributed by atoms with Gasteiger partial charge in [-0.3, -0.25) is 9.80 Å². The first kappa shape index (κ1) is 22.4. The number of carbonyl (C=O) groups excluding carboxylic acids is 1. The standard InChI is InChI=1S/C26H23F4N3O/c27-18-1-4-22(5-2-18)31-25(34)33-16-26(23-14-19(28)3-6-24(23)33)7-9-32(10-8-26)15-17-11-20(29)13-21(30)12-17/h1-6,11-14H,7-10,15-16H2,(H,31,34). The highest BCUT2D eigenvalue weighted by atomic mass is 19.1. The lowest BCUT2D eigenvalue weighted by molar-refractivity contribution is 0.159. The molecule has 2 aliphatic rings. The minimum absolute atomic E-state index is 0.364. The number of urea groups is 1. The molecule has 0 atom stereocenters. The minimum atomic E-state index is -0.605. The molecule has 1 fully saturated rings. The smallest absolute Gasteiger partial charge is 0.308 e. The van der Waals surface area contributed by atoms with Crippen LogP contribution >= 0.6 is 0 Å². The molecular formula is C26H23F4N3O. The normalized spacial score (nSPS) is 17.1. The van der Waals surface area contributed by atoms with Crippen molar-refractivity contribution < 1.29 is 22.4 Å². The highest BCUT2D eigenvalue weighted by molar-refractivity contribution is 6.03. The van der Waals surface area contributed by atoms with Gasteiger partial charge in [-0.1, -0.05) is 0 Å². The quantitative estimate of drug-likeness (QED) is 0.490. The van der Waals surface area contributed by atoms with Crippen LogP contribution in [0.5, 0.6) is 0 Å². The first-order valence-corrected chi connectivity index (χ1v) is 11.1. The van der Waals surface area contributed by atoms with Gasteiger partial charge >= 0.3 is 6.03 Å². The minimum Gasteiger partial charge on any atom is -0.308 e. The van der Waals surface area contributed by atoms with E-state index >= 15 is 0 Å². The van der Waals surface area contributed by atoms with Gasteiger partial charge in [0.15, 0.2) is 0 Å². The predicted octanol–water partition coefficient (Wildman–Crippen LogP) is 5.83. The maximum atomic E-state index is 14.2. The number of fused-ring (bicyclic) bond motifs is 2. The summed E-state index contributed by atoms with van der Waals surface area (Å²) in [7, 11) is 0. The van der Waals surface area contributed by atoms with E-state index in [-0.39, 0.29) is 11.8 Å². The van der Waals surface area contributed by atoms with Gasteiger partial charge in [0, 0.05) is 35.9 Å². The van der Waals surface area contributed by atoms with E-state index in [1.807, 2.05) is 0 Å². The fraction of sp³-hybridized carbons (Fsp3) is 0.269. The van der Waals surface area contributed by atoms with E-state index in [1.165, 1.54) is 48.5 Å². The Bertz CT molecular complexity index is 1200. The van der Waals surface area contributed by atoms with Crippen LogP contribution < -0.4 is 10.2 Å². The van der Waals surface area contributed by atoms with Gasteiger partial charge in [0.25, 0.3) is 0 Å². The number of nitrogens with one attached hydrogen (secondary N) is 1. The molecule has 3 aromatic carbocycles. The second kappa shape index (κ2) is 8.76. The maximum Gasteiger partial charge on any atom is 0.326 e. The number of benzene rings is 3. The molecule has 0 aromatic heterocycles. The van der Waals surface area contributed by atoms with Gasteiger partial charge < -0.3 is 5.32 Å². The van der Waals surface area contributed by atoms with Gasteiger partial charge in [-0.2, -0.15) is 0 Å². The summed E-state index contributed by atoms with van der Waals surface area (Å²) >= 11 is 0. The molecule has 176 valence electrons. The number of amides is 2. The summed E-state index contributed by atoms with van der Waals surface area (Å²) in [5, 5.41) is 2.79. The van der Waals surface area contributed by atoms with E-state index in [9.17, 15) is 22.4 Å². The fourth-order valence-corrected chi connectivity index (χ4v) is 5.07. The molecule has 1 spiro atoms. The van der Waals surface area contributed by atoms with Crippen molar-refractivity contribution >= 4 is 17.4 Å². The number of halogens is 4. The summed E-state index contributed by atoms with van der Waals surface area (Å²) in [6, 6.07) is 13.1. The van der Waals surface area contributed by atoms with E-state index in [0.717, 1.165) is 11.6 Å². The Hall–Kier alpha value is -3.39. The zero-order valence-corrected chi connectivity index (χ0v) is 18.3. The van der Waals surface area contributed by atoms with Gasteiger partial charge in [-0.25, -0.2) is 22.4 Å². The molecule has 2 amide bonds. The number of hydrogen-bond donors (Lipinski definition) is 1. The fourth-order valence-electron chi connectivity index (χ4n) is 5.07. The monoisotopic (exact) mass is 469 g/mol. The van der Waals surface area contributed by atoms with Crippen molar-refractivity contribution in [1.82, 2.24) is 4.90 Å². The SMILES string of the molecule is O=C(Nc1ccc(F)cc1)N1CC2(CCN(Cc3cc(F)cc(F)c3)CC2)c2cc(F)ccc21. The number of carbonyl (C=O) groups is 1. The van der Waals surface area contributed by atoms with E-state index in [4.69, 9.17) is 0 Å². The summed E-state index contributed by atoms with van der Waals surface area (Å²) in [6.07, 6.45) is 1.34. The molecule has 3 aromatic rings. The summed E-state index contributed by atoms with van der Waals surface area (Å²) < 4.78 is 54.6. The Morgan fingerprint density at radius 3 is 2.15 bits per heavy atom. The molecule has 5 rings (SSSR count). The van der Waals surface area contributed by atoms with Crippen LogP contribution in [0, 0.1) is 23.3 Å². The van der Waals surface area contributed by atoms with Crippen molar-refractivity contribution in [2.75, 3.05) is 29.9 Å². The Labute approximate surface area is 194 Å². The summed E-state index contributed by atoms with van der Waals surface area (Å²) in [5.41, 5.74) is 2.06. The van der Waals surface area contributed by atoms with Gasteiger partial charge in [0.2, 0.25) is 0 Å². The van der Waals surface area contributed by atoms with Crippen molar-refractivity contribution in [3.05, 3.63) is 95.1 Å². The molecule has 1 N–H and O–H groups in total. The number of piperidine rings is 1. The molecule has 2 aliphatic heterocycles. The van der Waals surface area contributed by atoms with Gasteiger partial charge in [0.05, 0.1) is 0 Å². The topological polar surface area (TPSA) is 35.6 Å². The lowest BCUT2D eigenvalue weighted by Crippen LogP contribution is -2.46. The molecule has 34 heavy (non-hydrogen) atoms. The number of rotatable bonds is 3. The number of nitrogens with zero attached hydrogens (tertiary/aromatic N) is 2. The van der Waals surface area contributed by atoms with E-state index in [0.29, 0.717) is 56.0 Å². The maximum absolute atomic E-state index is 14.2. The van der Waals surface area contributed by atoms with Crippen LogP contribution in [0.3, 0.4) is 0 Å². The van der Waals surface area contributed by atoms with Crippen LogP contribution in [-0.4, -0.2) is 30.6 Å². The van der Waals surface area contributed by atoms with Gasteiger partial charge in [-0.15, -0.1) is 0 Å². The average molecular weight is 469 g/mol. The predicted molar refractivity (Wildman–Crippen MR) is 122 cm³/mol. The summed E-state index contributed by atoms with van der Waals surface area (Å²) in [5.74, 6) is -1.97. The van der Waals surface area contributed by atoms with Crippen molar-refractivity contribution in [1.29, 1.82) is 0 Å². The van der Waals surface area contributed by atoms with Crippen LogP contribution in [0.2, 0.25) is 0 Å². The molecule has 2 heterocycles. The van der Waals surface area contributed by atoms with Crippen LogP contribution in [0.1, 0.15) is 24.0 Å². The third-order valence-electron chi connectivity index (χ3n) is 6.76. The molecule has 0 saturated carbocycles. The van der Waals surface area contributed by atoms with E-state index in [2.05, 4.69) is 10.2 Å². The van der Waals surface area contributed by atoms with Crippen LogP contribution in [-0.2, 0) is 12.0 Å². The summed E-state index contributed by atoms with van der Waals surface area (Å²) in [4.78, 5) is 16.8. The van der Waals surface area contributed by atoms with Gasteiger partial charge in [0.1, 0.15) is 23.3 Å². The second-order valence-electron chi connectivity index (χ2n) is 9.02. The lowest BCUT2D eigenvalue weighted by Gasteiger charge is -2.40. The number of likely N-dealkylation sites (tertiary alicyclic amines) is 1. The first-order valence-electron chi connectivity index (χ1n) is 11.1. The highest BCUT2D eigenvalue weighted by Crippen LogP contribution is 2.47. The lowest BCUT2D eigenvalue weighted by atomic mass is 9.74. The zero-order valence-electron chi connectivity index (χ0n) is 18.3. The van der Waals surface area contributed by atoms with Crippen molar-refractivity contribution in [2.45, 2.75) is 24.8 Å². The van der Waals surface area contributed by atoms with Crippen molar-refractivity contribution in [3.63, 3.8) is 0 Å². The largest absolute Gasteiger partial charge is 0.326 e. The average Bonchev–Trinajstić information content (AvgIpc) is 3.10. The molecule has 1 saturated heterocycles. The molecule has 0 unspecified atom stereocenters. The highest BCUT2D eigenvalue weighted by Gasteiger charge is 2.46. The third-order valence-corrected chi connectivity index (χ3v) is 6.76. The first-order chi connectivity index (χ1) is 16.3. The van der Waals surface area contributed by atoms with E-state index in [1.54, 1.807) is 11.0 Å². The molecule has 0 radical (unpaired) electrons. The Balaban J connectivity index is 1.34. The Morgan fingerprint density at radius 2 is 1.47 bits per heavy atom. The molecule has 0 bridgehead atoms. The van der Waals surface area contributed by atoms with Gasteiger partial charge in [-0.05, 0) is 91.7 Å². The zero-order chi connectivity index (χ0) is 23.9. The van der Waals surface area contributed by atoms with Crippen molar-refractivity contribution in [2.24, 2.45) is 0 Å². The van der Waals surface area contributed by atoms with Crippen LogP contribution in [0.15, 0.2) is 60.7 Å². The molecule has 8 heteroatoms. The van der Waals surface area contributed by atoms with Crippen molar-refractivity contribution in [3.8, 4) is 0 Å². The number of anilines is 2. The van der Waals surface area contributed by atoms with Crippen LogP contribution in [0.4, 0.5) is 33.7 Å². The Kier molecular flexibility index (Phi) is 5.77. The molecular weight excluding hydrogens is 446 g/mol. The summed E-state index contributed by atoms with van der Waals surface area (Å²) in [6.45, 7) is 2.08. The van der Waals surface area contributed by atoms with Crippen LogP contribution in [0.25, 0.3) is 0 Å². The van der Waals surface area contributed by atoms with E-state index < -0.39 is 22.9 Å².